The molecule has 0 aliphatic carbocycles. The number of halogens is 1. The van der Waals surface area contributed by atoms with Gasteiger partial charge in [0.25, 0.3) is 0 Å². The van der Waals surface area contributed by atoms with Crippen LogP contribution in [-0.4, -0.2) is 30.9 Å². The second-order valence-electron chi connectivity index (χ2n) is 5.35. The number of benzene rings is 1. The Kier molecular flexibility index (Phi) is 3.45. The second-order valence-corrected chi connectivity index (χ2v) is 6.39. The predicted molar refractivity (Wildman–Crippen MR) is 100.0 cm³/mol. The van der Waals surface area contributed by atoms with E-state index in [2.05, 4.69) is 32.8 Å². The number of rotatable bonds is 3. The van der Waals surface area contributed by atoms with Crippen LogP contribution in [0.15, 0.2) is 42.7 Å². The Hall–Kier alpha value is -2.55. The minimum Gasteiger partial charge on any atom is -0.497 e. The van der Waals surface area contributed by atoms with Crippen LogP contribution in [-0.2, 0) is 0 Å². The molecule has 0 unspecified atom stereocenters. The highest BCUT2D eigenvalue weighted by Crippen LogP contribution is 2.35. The zero-order chi connectivity index (χ0) is 16.8. The van der Waals surface area contributed by atoms with Gasteiger partial charge in [-0.1, -0.05) is 0 Å². The summed E-state index contributed by atoms with van der Waals surface area (Å²) in [5, 5.41) is 11.0. The molecule has 0 radical (unpaired) electrons. The maximum atomic E-state index is 11.4. The van der Waals surface area contributed by atoms with Gasteiger partial charge in [0.1, 0.15) is 11.4 Å². The summed E-state index contributed by atoms with van der Waals surface area (Å²) in [6.07, 6.45) is 3.49. The molecule has 0 fully saturated rings. The molecule has 1 aromatic carbocycles. The SMILES string of the molecule is COc1ccc2c(c1)c(-c1cc3c(C(=O)O)ccnc3[nH]1)cn2I. The van der Waals surface area contributed by atoms with Crippen LogP contribution in [0.3, 0.4) is 0 Å². The fourth-order valence-corrected chi connectivity index (χ4v) is 3.57. The molecule has 24 heavy (non-hydrogen) atoms. The molecule has 3 aromatic heterocycles. The van der Waals surface area contributed by atoms with Crippen LogP contribution in [0.1, 0.15) is 10.4 Å². The van der Waals surface area contributed by atoms with Crippen LogP contribution in [0.5, 0.6) is 5.75 Å². The number of hydrogen-bond acceptors (Lipinski definition) is 3. The van der Waals surface area contributed by atoms with Gasteiger partial charge in [-0.3, -0.25) is 2.78 Å². The first-order valence-electron chi connectivity index (χ1n) is 7.15. The average Bonchev–Trinajstić information content (AvgIpc) is 3.15. The van der Waals surface area contributed by atoms with Gasteiger partial charge in [-0.15, -0.1) is 0 Å². The quantitative estimate of drug-likeness (QED) is 0.477. The lowest BCUT2D eigenvalue weighted by Gasteiger charge is -2.01. The number of ether oxygens (including phenoxy) is 1. The van der Waals surface area contributed by atoms with Crippen molar-refractivity contribution < 1.29 is 14.6 Å². The number of carboxylic acid groups (broad SMARTS) is 1. The smallest absolute Gasteiger partial charge is 0.336 e. The van der Waals surface area contributed by atoms with Crippen LogP contribution < -0.4 is 4.74 Å². The molecule has 6 nitrogen and oxygen atoms in total. The van der Waals surface area contributed by atoms with Crippen molar-refractivity contribution in [2.45, 2.75) is 0 Å². The fraction of sp³-hybridized carbons (Fsp3) is 0.0588. The molecular weight excluding hydrogens is 421 g/mol. The molecule has 4 aromatic rings. The molecule has 3 heterocycles. The highest BCUT2D eigenvalue weighted by Gasteiger charge is 2.16. The lowest BCUT2D eigenvalue weighted by Crippen LogP contribution is -1.96. The molecule has 120 valence electrons. The third kappa shape index (κ3) is 2.23. The molecule has 0 saturated heterocycles. The maximum absolute atomic E-state index is 11.4. The van der Waals surface area contributed by atoms with E-state index in [1.165, 1.54) is 12.3 Å². The van der Waals surface area contributed by atoms with Gasteiger partial charge >= 0.3 is 5.97 Å². The number of methoxy groups -OCH3 is 1. The number of aromatic nitrogens is 3. The average molecular weight is 433 g/mol. The van der Waals surface area contributed by atoms with Gasteiger partial charge in [-0.25, -0.2) is 9.78 Å². The van der Waals surface area contributed by atoms with Crippen LogP contribution in [0, 0.1) is 0 Å². The molecule has 0 spiro atoms. The molecule has 2 N–H and O–H groups in total. The van der Waals surface area contributed by atoms with Crippen molar-refractivity contribution in [3.63, 3.8) is 0 Å². The van der Waals surface area contributed by atoms with Crippen molar-refractivity contribution in [3.8, 4) is 17.0 Å². The van der Waals surface area contributed by atoms with Crippen molar-refractivity contribution in [2.75, 3.05) is 7.11 Å². The van der Waals surface area contributed by atoms with E-state index >= 15 is 0 Å². The van der Waals surface area contributed by atoms with E-state index in [9.17, 15) is 9.90 Å². The monoisotopic (exact) mass is 433 g/mol. The van der Waals surface area contributed by atoms with Gasteiger partial charge < -0.3 is 14.8 Å². The third-order valence-electron chi connectivity index (χ3n) is 4.02. The van der Waals surface area contributed by atoms with E-state index in [0.29, 0.717) is 11.0 Å². The van der Waals surface area contributed by atoms with Gasteiger partial charge in [-0.05, 0) is 30.3 Å². The summed E-state index contributed by atoms with van der Waals surface area (Å²) in [6.45, 7) is 0. The van der Waals surface area contributed by atoms with Crippen LogP contribution in [0.2, 0.25) is 0 Å². The number of H-pyrrole nitrogens is 1. The fourth-order valence-electron chi connectivity index (χ4n) is 2.87. The Labute approximate surface area is 150 Å². The number of carbonyl (C=O) groups is 1. The van der Waals surface area contributed by atoms with Crippen LogP contribution >= 0.6 is 22.9 Å². The first-order chi connectivity index (χ1) is 11.6. The summed E-state index contributed by atoms with van der Waals surface area (Å²) < 4.78 is 7.32. The van der Waals surface area contributed by atoms with Crippen LogP contribution in [0.25, 0.3) is 33.2 Å². The van der Waals surface area contributed by atoms with Gasteiger partial charge in [0.05, 0.1) is 41.1 Å². The first-order valence-corrected chi connectivity index (χ1v) is 8.11. The summed E-state index contributed by atoms with van der Waals surface area (Å²) >= 11 is 2.22. The predicted octanol–water partition coefficient (Wildman–Crippen LogP) is 4.09. The van der Waals surface area contributed by atoms with E-state index in [1.54, 1.807) is 7.11 Å². The van der Waals surface area contributed by atoms with Crippen molar-refractivity contribution >= 4 is 50.8 Å². The lowest BCUT2D eigenvalue weighted by atomic mass is 10.1. The Morgan fingerprint density at radius 3 is 2.88 bits per heavy atom. The molecule has 0 aliphatic heterocycles. The number of aromatic carboxylic acids is 1. The summed E-state index contributed by atoms with van der Waals surface area (Å²) in [4.78, 5) is 18.9. The van der Waals surface area contributed by atoms with Gasteiger partial charge in [0.15, 0.2) is 0 Å². The van der Waals surface area contributed by atoms with Crippen LogP contribution in [0.4, 0.5) is 0 Å². The highest BCUT2D eigenvalue weighted by molar-refractivity contribution is 14.1. The Bertz CT molecular complexity index is 1100. The molecule has 7 heteroatoms. The number of hydrogen-bond donors (Lipinski definition) is 2. The molecule has 0 amide bonds. The van der Waals surface area contributed by atoms with E-state index in [-0.39, 0.29) is 5.56 Å². The summed E-state index contributed by atoms with van der Waals surface area (Å²) in [5.41, 5.74) is 3.63. The Morgan fingerprint density at radius 2 is 2.12 bits per heavy atom. The van der Waals surface area contributed by atoms with Gasteiger partial charge in [-0.2, -0.15) is 0 Å². The summed E-state index contributed by atoms with van der Waals surface area (Å²) in [5.74, 6) is -0.197. The zero-order valence-corrected chi connectivity index (χ0v) is 14.7. The van der Waals surface area contributed by atoms with E-state index in [1.807, 2.05) is 33.2 Å². The van der Waals surface area contributed by atoms with Crippen molar-refractivity contribution in [1.82, 2.24) is 12.7 Å². The van der Waals surface area contributed by atoms with Crippen molar-refractivity contribution in [3.05, 3.63) is 48.3 Å². The largest absolute Gasteiger partial charge is 0.497 e. The topological polar surface area (TPSA) is 80.1 Å². The van der Waals surface area contributed by atoms with E-state index in [4.69, 9.17) is 4.74 Å². The Morgan fingerprint density at radius 1 is 1.29 bits per heavy atom. The molecule has 0 bridgehead atoms. The minimum absolute atomic E-state index is 0.235. The van der Waals surface area contributed by atoms with E-state index in [0.717, 1.165) is 27.9 Å². The molecular formula is C17H12IN3O3. The van der Waals surface area contributed by atoms with Crippen molar-refractivity contribution in [2.24, 2.45) is 0 Å². The summed E-state index contributed by atoms with van der Waals surface area (Å²) in [6, 6.07) is 9.21. The number of nitrogens with zero attached hydrogens (tertiary/aromatic N) is 2. The third-order valence-corrected chi connectivity index (χ3v) is 4.82. The van der Waals surface area contributed by atoms with E-state index < -0.39 is 5.97 Å². The normalized spacial score (nSPS) is 11.2. The van der Waals surface area contributed by atoms with Gasteiger partial charge in [0.2, 0.25) is 0 Å². The minimum atomic E-state index is -0.967. The van der Waals surface area contributed by atoms with Gasteiger partial charge in [0, 0.05) is 34.4 Å². The van der Waals surface area contributed by atoms with Crippen molar-refractivity contribution in [1.29, 1.82) is 0 Å². The molecule has 0 aliphatic rings. The second kappa shape index (κ2) is 5.52. The number of fused-ring (bicyclic) bond motifs is 2. The first kappa shape index (κ1) is 15.0. The number of aromatic amines is 1. The lowest BCUT2D eigenvalue weighted by molar-refractivity contribution is 0.0699. The number of carboxylic acids is 1. The molecule has 0 atom stereocenters. The summed E-state index contributed by atoms with van der Waals surface area (Å²) in [7, 11) is 1.63. The maximum Gasteiger partial charge on any atom is 0.336 e. The molecule has 4 rings (SSSR count). The standard InChI is InChI=1S/C17H12IN3O3/c1-24-9-2-3-15-11(6-9)13(8-21(15)18)14-7-12-10(17(22)23)4-5-19-16(12)20-14/h2-8H,1H3,(H,19,20)(H,22,23). The Balaban J connectivity index is 1.99. The highest BCUT2D eigenvalue weighted by atomic mass is 127. The zero-order valence-electron chi connectivity index (χ0n) is 12.6. The number of pyridine rings is 1. The molecule has 0 saturated carbocycles. The number of nitrogens with one attached hydrogen (secondary N) is 1.